The molecule has 1 saturated heterocycles. The van der Waals surface area contributed by atoms with Gasteiger partial charge in [0.25, 0.3) is 0 Å². The van der Waals surface area contributed by atoms with Crippen LogP contribution < -0.4 is 10.2 Å². The monoisotopic (exact) mass is 250 g/mol. The quantitative estimate of drug-likeness (QED) is 0.871. The van der Waals surface area contributed by atoms with Gasteiger partial charge in [-0.3, -0.25) is 4.79 Å². The summed E-state index contributed by atoms with van der Waals surface area (Å²) in [5.74, 6) is 0.0500. The fourth-order valence-electron chi connectivity index (χ4n) is 2.56. The van der Waals surface area contributed by atoms with Crippen LogP contribution >= 0.6 is 0 Å². The highest BCUT2D eigenvalue weighted by Gasteiger charge is 2.24. The highest BCUT2D eigenvalue weighted by molar-refractivity contribution is 5.78. The molecule has 0 aromatic heterocycles. The van der Waals surface area contributed by atoms with Crippen LogP contribution in [-0.2, 0) is 4.79 Å². The lowest BCUT2D eigenvalue weighted by atomic mass is 9.95. The Bertz CT molecular complexity index is 439. The maximum Gasteiger partial charge on any atom is 0.222 e. The normalized spacial score (nSPS) is 16.7. The van der Waals surface area contributed by atoms with Gasteiger partial charge in [0.15, 0.2) is 0 Å². The van der Waals surface area contributed by atoms with Crippen molar-refractivity contribution in [3.8, 4) is 0 Å². The van der Waals surface area contributed by atoms with E-state index in [2.05, 4.69) is 10.2 Å². The summed E-state index contributed by atoms with van der Waals surface area (Å²) >= 11 is 0. The minimum absolute atomic E-state index is 0.118. The molecule has 1 N–H and O–H groups in total. The number of anilines is 1. The molecule has 2 rings (SSSR count). The third-order valence-corrected chi connectivity index (χ3v) is 3.61. The number of rotatable bonds is 2. The van der Waals surface area contributed by atoms with Crippen LogP contribution in [0.2, 0.25) is 0 Å². The summed E-state index contributed by atoms with van der Waals surface area (Å²) in [4.78, 5) is 13.8. The van der Waals surface area contributed by atoms with Gasteiger partial charge in [-0.25, -0.2) is 4.39 Å². The van der Waals surface area contributed by atoms with Gasteiger partial charge in [-0.2, -0.15) is 0 Å². The maximum absolute atomic E-state index is 13.1. The summed E-state index contributed by atoms with van der Waals surface area (Å²) in [5, 5.41) is 2.70. The number of hydrogen-bond donors (Lipinski definition) is 1. The van der Waals surface area contributed by atoms with E-state index in [9.17, 15) is 9.18 Å². The molecule has 18 heavy (non-hydrogen) atoms. The first kappa shape index (κ1) is 12.9. The Labute approximate surface area is 107 Å². The molecular weight excluding hydrogens is 231 g/mol. The van der Waals surface area contributed by atoms with Crippen molar-refractivity contribution in [3.63, 3.8) is 0 Å². The van der Waals surface area contributed by atoms with E-state index in [1.54, 1.807) is 13.1 Å². The SMILES string of the molecule is CNC(=O)C1CCN(c2ccc(F)cc2C)CC1. The largest absolute Gasteiger partial charge is 0.371 e. The summed E-state index contributed by atoms with van der Waals surface area (Å²) in [6, 6.07) is 4.87. The van der Waals surface area contributed by atoms with Crippen LogP contribution in [0.3, 0.4) is 0 Å². The molecule has 4 heteroatoms. The van der Waals surface area contributed by atoms with Gasteiger partial charge in [0.1, 0.15) is 5.82 Å². The number of nitrogens with one attached hydrogen (secondary N) is 1. The first-order valence-corrected chi connectivity index (χ1v) is 6.34. The molecule has 0 atom stereocenters. The molecule has 98 valence electrons. The Morgan fingerprint density at radius 1 is 1.39 bits per heavy atom. The first-order valence-electron chi connectivity index (χ1n) is 6.34. The van der Waals surface area contributed by atoms with E-state index in [4.69, 9.17) is 0 Å². The lowest BCUT2D eigenvalue weighted by Gasteiger charge is -2.33. The van der Waals surface area contributed by atoms with Crippen LogP contribution in [0.15, 0.2) is 18.2 Å². The molecule has 0 radical (unpaired) electrons. The smallest absolute Gasteiger partial charge is 0.222 e. The predicted molar refractivity (Wildman–Crippen MR) is 70.1 cm³/mol. The van der Waals surface area contributed by atoms with Crippen molar-refractivity contribution < 1.29 is 9.18 Å². The second-order valence-corrected chi connectivity index (χ2v) is 4.81. The molecule has 1 heterocycles. The van der Waals surface area contributed by atoms with E-state index in [1.807, 2.05) is 13.0 Å². The van der Waals surface area contributed by atoms with Crippen molar-refractivity contribution in [2.24, 2.45) is 5.92 Å². The van der Waals surface area contributed by atoms with E-state index in [0.717, 1.165) is 37.2 Å². The summed E-state index contributed by atoms with van der Waals surface area (Å²) in [6.07, 6.45) is 1.72. The van der Waals surface area contributed by atoms with Gasteiger partial charge < -0.3 is 10.2 Å². The minimum atomic E-state index is -0.198. The van der Waals surface area contributed by atoms with E-state index >= 15 is 0 Å². The number of halogens is 1. The number of hydrogen-bond acceptors (Lipinski definition) is 2. The number of nitrogens with zero attached hydrogens (tertiary/aromatic N) is 1. The van der Waals surface area contributed by atoms with Crippen LogP contribution in [0.4, 0.5) is 10.1 Å². The Morgan fingerprint density at radius 2 is 2.06 bits per heavy atom. The molecule has 0 saturated carbocycles. The Morgan fingerprint density at radius 3 is 2.61 bits per heavy atom. The maximum atomic E-state index is 13.1. The van der Waals surface area contributed by atoms with Gasteiger partial charge in [0.05, 0.1) is 0 Å². The van der Waals surface area contributed by atoms with Crippen molar-refractivity contribution in [2.75, 3.05) is 25.0 Å². The molecule has 1 aliphatic rings. The van der Waals surface area contributed by atoms with Crippen molar-refractivity contribution >= 4 is 11.6 Å². The van der Waals surface area contributed by atoms with Crippen LogP contribution in [0.5, 0.6) is 0 Å². The average Bonchev–Trinajstić information content (AvgIpc) is 2.38. The van der Waals surface area contributed by atoms with Crippen LogP contribution in [0.1, 0.15) is 18.4 Å². The zero-order valence-electron chi connectivity index (χ0n) is 10.9. The standard InChI is InChI=1S/C14H19FN2O/c1-10-9-12(15)3-4-13(10)17-7-5-11(6-8-17)14(18)16-2/h3-4,9,11H,5-8H2,1-2H3,(H,16,18). The van der Waals surface area contributed by atoms with Gasteiger partial charge in [-0.15, -0.1) is 0 Å². The van der Waals surface area contributed by atoms with E-state index in [-0.39, 0.29) is 17.6 Å². The lowest BCUT2D eigenvalue weighted by molar-refractivity contribution is -0.125. The minimum Gasteiger partial charge on any atom is -0.371 e. The number of aryl methyl sites for hydroxylation is 1. The number of piperidine rings is 1. The fraction of sp³-hybridized carbons (Fsp3) is 0.500. The number of amides is 1. The fourth-order valence-corrected chi connectivity index (χ4v) is 2.56. The van der Waals surface area contributed by atoms with Crippen molar-refractivity contribution in [1.29, 1.82) is 0 Å². The Hall–Kier alpha value is -1.58. The molecule has 1 fully saturated rings. The summed E-state index contributed by atoms with van der Waals surface area (Å²) in [5.41, 5.74) is 2.03. The third kappa shape index (κ3) is 2.63. The van der Waals surface area contributed by atoms with Gasteiger partial charge >= 0.3 is 0 Å². The van der Waals surface area contributed by atoms with E-state index in [0.29, 0.717) is 0 Å². The molecule has 3 nitrogen and oxygen atoms in total. The van der Waals surface area contributed by atoms with Crippen LogP contribution in [0.25, 0.3) is 0 Å². The zero-order valence-corrected chi connectivity index (χ0v) is 10.9. The Kier molecular flexibility index (Phi) is 3.84. The first-order chi connectivity index (χ1) is 8.61. The summed E-state index contributed by atoms with van der Waals surface area (Å²) < 4.78 is 13.1. The van der Waals surface area contributed by atoms with Gasteiger partial charge in [0, 0.05) is 31.7 Å². The zero-order chi connectivity index (χ0) is 13.1. The highest BCUT2D eigenvalue weighted by Crippen LogP contribution is 2.26. The third-order valence-electron chi connectivity index (χ3n) is 3.61. The Balaban J connectivity index is 2.03. The molecule has 1 aromatic carbocycles. The number of carbonyl (C=O) groups excluding carboxylic acids is 1. The molecule has 1 aliphatic heterocycles. The lowest BCUT2D eigenvalue weighted by Crippen LogP contribution is -2.39. The highest BCUT2D eigenvalue weighted by atomic mass is 19.1. The van der Waals surface area contributed by atoms with Gasteiger partial charge in [-0.05, 0) is 43.5 Å². The van der Waals surface area contributed by atoms with E-state index in [1.165, 1.54) is 6.07 Å². The van der Waals surface area contributed by atoms with Gasteiger partial charge in [-0.1, -0.05) is 0 Å². The molecule has 0 unspecified atom stereocenters. The molecule has 0 bridgehead atoms. The second kappa shape index (κ2) is 5.38. The predicted octanol–water partition coefficient (Wildman–Crippen LogP) is 2.10. The summed E-state index contributed by atoms with van der Waals surface area (Å²) in [6.45, 7) is 3.62. The number of benzene rings is 1. The molecule has 1 amide bonds. The molecule has 1 aromatic rings. The van der Waals surface area contributed by atoms with Crippen LogP contribution in [-0.4, -0.2) is 26.0 Å². The second-order valence-electron chi connectivity index (χ2n) is 4.81. The van der Waals surface area contributed by atoms with Crippen LogP contribution in [0, 0.1) is 18.7 Å². The summed E-state index contributed by atoms with van der Waals surface area (Å²) in [7, 11) is 1.68. The number of carbonyl (C=O) groups is 1. The average molecular weight is 250 g/mol. The van der Waals surface area contributed by atoms with Crippen molar-refractivity contribution in [2.45, 2.75) is 19.8 Å². The molecule has 0 aliphatic carbocycles. The van der Waals surface area contributed by atoms with Crippen molar-refractivity contribution in [1.82, 2.24) is 5.32 Å². The molecule has 0 spiro atoms. The topological polar surface area (TPSA) is 32.3 Å². The van der Waals surface area contributed by atoms with E-state index < -0.39 is 0 Å². The molecular formula is C14H19FN2O. The van der Waals surface area contributed by atoms with Crippen molar-refractivity contribution in [3.05, 3.63) is 29.6 Å². The van der Waals surface area contributed by atoms with Gasteiger partial charge in [0.2, 0.25) is 5.91 Å².